The predicted molar refractivity (Wildman–Crippen MR) is 353 cm³/mol. The molecule has 0 amide bonds. The Hall–Kier alpha value is -2.89. The van der Waals surface area contributed by atoms with Crippen LogP contribution in [0.3, 0.4) is 0 Å². The monoisotopic (exact) mass is 1130 g/mol. The molecule has 0 N–H and O–H groups in total. The van der Waals surface area contributed by atoms with Gasteiger partial charge in [-0.3, -0.25) is 14.4 Å². The molecule has 0 bridgehead atoms. The molecule has 1 atom stereocenters. The number of esters is 3. The minimum atomic E-state index is -0.783. The average molecular weight is 1130 g/mol. The molecule has 0 aromatic heterocycles. The third kappa shape index (κ3) is 67.8. The highest BCUT2D eigenvalue weighted by atomic mass is 16.6. The fourth-order valence-electron chi connectivity index (χ4n) is 10.6. The highest BCUT2D eigenvalue weighted by Crippen LogP contribution is 2.18. The number of hydrogen-bond acceptors (Lipinski definition) is 6. The van der Waals surface area contributed by atoms with Gasteiger partial charge in [-0.15, -0.1) is 0 Å². The van der Waals surface area contributed by atoms with Gasteiger partial charge in [-0.25, -0.2) is 0 Å². The van der Waals surface area contributed by atoms with E-state index in [1.165, 1.54) is 244 Å². The van der Waals surface area contributed by atoms with E-state index in [0.29, 0.717) is 19.3 Å². The van der Waals surface area contributed by atoms with Gasteiger partial charge in [-0.1, -0.05) is 319 Å². The number of ether oxygens (including phenoxy) is 3. The van der Waals surface area contributed by atoms with Crippen LogP contribution in [0, 0.1) is 0 Å². The van der Waals surface area contributed by atoms with Crippen molar-refractivity contribution in [3.63, 3.8) is 0 Å². The van der Waals surface area contributed by atoms with Crippen molar-refractivity contribution in [2.45, 2.75) is 386 Å². The molecule has 0 heterocycles. The lowest BCUT2D eigenvalue weighted by atomic mass is 10.0. The highest BCUT2D eigenvalue weighted by molar-refractivity contribution is 5.71. The Morgan fingerprint density at radius 2 is 0.481 bits per heavy atom. The van der Waals surface area contributed by atoms with Gasteiger partial charge in [-0.05, 0) is 103 Å². The maximum atomic E-state index is 13.0. The summed E-state index contributed by atoms with van der Waals surface area (Å²) < 4.78 is 17.0. The number of unbranched alkanes of at least 4 members (excludes halogenated alkanes) is 45. The second-order valence-electron chi connectivity index (χ2n) is 24.1. The Bertz CT molecular complexity index is 1440. The van der Waals surface area contributed by atoms with E-state index in [4.69, 9.17) is 14.2 Å². The topological polar surface area (TPSA) is 78.9 Å². The molecule has 0 radical (unpaired) electrons. The molecule has 6 nitrogen and oxygen atoms in total. The Labute approximate surface area is 504 Å². The summed E-state index contributed by atoms with van der Waals surface area (Å²) in [5.41, 5.74) is 0. The van der Waals surface area contributed by atoms with Crippen LogP contribution in [0.25, 0.3) is 0 Å². The van der Waals surface area contributed by atoms with Crippen molar-refractivity contribution < 1.29 is 28.6 Å². The number of hydrogen-bond donors (Lipinski definition) is 0. The molecule has 0 fully saturated rings. The van der Waals surface area contributed by atoms with Crippen LogP contribution in [0.4, 0.5) is 0 Å². The molecule has 0 aliphatic rings. The molecule has 1 unspecified atom stereocenters. The SMILES string of the molecule is CC/C=C\C/C=C\C/C=C\CCCCCCCC(=O)OCC(COC(=O)CCCCCCCCCCCCCCC/C=C\CCCCCCCCCC)OC(=O)CCCCCCCCCCCCC/C=C\CCCCCCCCCC. The summed E-state index contributed by atoms with van der Waals surface area (Å²) >= 11 is 0. The lowest BCUT2D eigenvalue weighted by Gasteiger charge is -2.18. The molecule has 0 saturated heterocycles. The van der Waals surface area contributed by atoms with Gasteiger partial charge in [0.1, 0.15) is 13.2 Å². The summed E-state index contributed by atoms with van der Waals surface area (Å²) in [6.07, 6.45) is 89.7. The summed E-state index contributed by atoms with van der Waals surface area (Å²) in [6, 6.07) is 0. The van der Waals surface area contributed by atoms with Crippen LogP contribution in [0.15, 0.2) is 60.8 Å². The van der Waals surface area contributed by atoms with Crippen LogP contribution in [0.1, 0.15) is 380 Å². The van der Waals surface area contributed by atoms with Gasteiger partial charge in [0, 0.05) is 19.3 Å². The third-order valence-electron chi connectivity index (χ3n) is 16.0. The third-order valence-corrected chi connectivity index (χ3v) is 16.0. The molecule has 0 aromatic rings. The van der Waals surface area contributed by atoms with Gasteiger partial charge in [0.2, 0.25) is 0 Å². The molecule has 0 spiro atoms. The molecule has 81 heavy (non-hydrogen) atoms. The Kier molecular flexibility index (Phi) is 67.1. The van der Waals surface area contributed by atoms with Crippen LogP contribution >= 0.6 is 0 Å². The zero-order valence-electron chi connectivity index (χ0n) is 54.3. The molecule has 472 valence electrons. The van der Waals surface area contributed by atoms with E-state index in [9.17, 15) is 14.4 Å². The van der Waals surface area contributed by atoms with Crippen LogP contribution in [0.2, 0.25) is 0 Å². The maximum Gasteiger partial charge on any atom is 0.306 e. The largest absolute Gasteiger partial charge is 0.462 e. The Balaban J connectivity index is 4.29. The van der Waals surface area contributed by atoms with Gasteiger partial charge >= 0.3 is 17.9 Å². The molecule has 6 heteroatoms. The molecule has 0 aliphatic heterocycles. The van der Waals surface area contributed by atoms with Gasteiger partial charge < -0.3 is 14.2 Å². The molecular weight excluding hydrogens is 997 g/mol. The van der Waals surface area contributed by atoms with E-state index in [-0.39, 0.29) is 31.1 Å². The Morgan fingerprint density at radius 3 is 0.765 bits per heavy atom. The van der Waals surface area contributed by atoms with Crippen molar-refractivity contribution in [2.75, 3.05) is 13.2 Å². The summed E-state index contributed by atoms with van der Waals surface area (Å²) in [6.45, 7) is 6.58. The maximum absolute atomic E-state index is 13.0. The second kappa shape index (κ2) is 69.6. The normalized spacial score (nSPS) is 12.4. The van der Waals surface area contributed by atoms with E-state index >= 15 is 0 Å². The van der Waals surface area contributed by atoms with Crippen LogP contribution < -0.4 is 0 Å². The minimum Gasteiger partial charge on any atom is -0.462 e. The van der Waals surface area contributed by atoms with Crippen molar-refractivity contribution in [3.05, 3.63) is 60.8 Å². The second-order valence-corrected chi connectivity index (χ2v) is 24.1. The minimum absolute atomic E-state index is 0.0773. The van der Waals surface area contributed by atoms with E-state index in [1.807, 2.05) is 0 Å². The molecule has 0 aromatic carbocycles. The van der Waals surface area contributed by atoms with E-state index in [0.717, 1.165) is 96.3 Å². The quantitative estimate of drug-likeness (QED) is 0.0261. The van der Waals surface area contributed by atoms with Gasteiger partial charge in [0.25, 0.3) is 0 Å². The summed E-state index contributed by atoms with van der Waals surface area (Å²) in [5.74, 6) is -0.873. The lowest BCUT2D eigenvalue weighted by Crippen LogP contribution is -2.30. The van der Waals surface area contributed by atoms with Gasteiger partial charge in [0.15, 0.2) is 6.10 Å². The predicted octanol–water partition coefficient (Wildman–Crippen LogP) is 24.7. The summed E-state index contributed by atoms with van der Waals surface area (Å²) in [7, 11) is 0. The van der Waals surface area contributed by atoms with Crippen molar-refractivity contribution in [2.24, 2.45) is 0 Å². The first-order valence-electron chi connectivity index (χ1n) is 35.8. The van der Waals surface area contributed by atoms with Crippen molar-refractivity contribution >= 4 is 17.9 Å². The number of rotatable bonds is 66. The number of allylic oxidation sites excluding steroid dienone is 10. The molecule has 0 aliphatic carbocycles. The van der Waals surface area contributed by atoms with Crippen molar-refractivity contribution in [3.8, 4) is 0 Å². The van der Waals surface area contributed by atoms with Crippen molar-refractivity contribution in [1.29, 1.82) is 0 Å². The first-order valence-corrected chi connectivity index (χ1v) is 35.8. The van der Waals surface area contributed by atoms with Crippen molar-refractivity contribution in [1.82, 2.24) is 0 Å². The van der Waals surface area contributed by atoms with E-state index in [2.05, 4.69) is 81.5 Å². The number of carbonyl (C=O) groups is 3. The van der Waals surface area contributed by atoms with Crippen LogP contribution in [-0.4, -0.2) is 37.2 Å². The van der Waals surface area contributed by atoms with E-state index in [1.54, 1.807) is 0 Å². The molecule has 0 saturated carbocycles. The van der Waals surface area contributed by atoms with Crippen LogP contribution in [0.5, 0.6) is 0 Å². The molecular formula is C75H136O6. The van der Waals surface area contributed by atoms with Crippen LogP contribution in [-0.2, 0) is 28.6 Å². The average Bonchev–Trinajstić information content (AvgIpc) is 3.47. The fourth-order valence-corrected chi connectivity index (χ4v) is 10.6. The summed E-state index contributed by atoms with van der Waals surface area (Å²) in [4.78, 5) is 38.5. The zero-order valence-corrected chi connectivity index (χ0v) is 54.3. The fraction of sp³-hybridized carbons (Fsp3) is 0.827. The summed E-state index contributed by atoms with van der Waals surface area (Å²) in [5, 5.41) is 0. The zero-order chi connectivity index (χ0) is 58.5. The molecule has 0 rings (SSSR count). The van der Waals surface area contributed by atoms with E-state index < -0.39 is 6.10 Å². The first-order chi connectivity index (χ1) is 40.0. The standard InChI is InChI=1S/C75H136O6/c1-4-7-10-13-16-19-22-25-28-30-32-34-36-37-39-40-42-44-47-50-53-56-59-62-65-68-74(77)80-71-72(70-79-73(76)67-64-61-58-55-52-49-46-27-24-21-18-15-12-9-6-3)81-75(78)69-66-63-60-57-54-51-48-45-43-41-38-35-33-31-29-26-23-20-17-14-11-8-5-2/h9,12,18,21,27,30-33,46,72H,4-8,10-11,13-17,19-20,22-26,28-29,34-45,47-71H2,1-3H3/b12-9-,21-18-,32-30-,33-31-,46-27-. The first kappa shape index (κ1) is 78.1. The van der Waals surface area contributed by atoms with Gasteiger partial charge in [0.05, 0.1) is 0 Å². The van der Waals surface area contributed by atoms with Gasteiger partial charge in [-0.2, -0.15) is 0 Å². The number of carbonyl (C=O) groups excluding carboxylic acids is 3. The Morgan fingerprint density at radius 1 is 0.259 bits per heavy atom. The highest BCUT2D eigenvalue weighted by Gasteiger charge is 2.19. The lowest BCUT2D eigenvalue weighted by molar-refractivity contribution is -0.167. The smallest absolute Gasteiger partial charge is 0.306 e.